The predicted molar refractivity (Wildman–Crippen MR) is 131 cm³/mol. The summed E-state index contributed by atoms with van der Waals surface area (Å²) < 4.78 is 60.0. The van der Waals surface area contributed by atoms with Crippen LogP contribution in [-0.2, 0) is 16.0 Å². The maximum atomic E-state index is 13.7. The highest BCUT2D eigenvalue weighted by molar-refractivity contribution is 6.35. The first-order valence-corrected chi connectivity index (χ1v) is 11.7. The zero-order valence-electron chi connectivity index (χ0n) is 19.7. The van der Waals surface area contributed by atoms with Gasteiger partial charge in [0.2, 0.25) is 5.91 Å². The van der Waals surface area contributed by atoms with E-state index in [9.17, 15) is 27.2 Å². The van der Waals surface area contributed by atoms with Gasteiger partial charge in [0.15, 0.2) is 5.82 Å². The average Bonchev–Trinajstić information content (AvgIpc) is 3.17. The van der Waals surface area contributed by atoms with Gasteiger partial charge in [-0.25, -0.2) is 9.18 Å². The number of rotatable bonds is 5. The van der Waals surface area contributed by atoms with E-state index in [2.05, 4.69) is 5.32 Å². The number of amides is 2. The van der Waals surface area contributed by atoms with Crippen LogP contribution in [0.5, 0.6) is 0 Å². The number of carbonyl (C=O) groups excluding carboxylic acids is 2. The maximum absolute atomic E-state index is 13.7. The molecule has 2 aromatic carbocycles. The van der Waals surface area contributed by atoms with E-state index in [4.69, 9.17) is 27.9 Å². The van der Waals surface area contributed by atoms with Gasteiger partial charge < -0.3 is 15.0 Å². The summed E-state index contributed by atoms with van der Waals surface area (Å²) in [7, 11) is 0. The number of anilines is 1. The van der Waals surface area contributed by atoms with Crippen molar-refractivity contribution >= 4 is 47.0 Å². The highest BCUT2D eigenvalue weighted by atomic mass is 35.5. The van der Waals surface area contributed by atoms with Gasteiger partial charge in [0, 0.05) is 12.2 Å². The number of nitrogens with zero attached hydrogens (tertiary/aromatic N) is 1. The molecule has 1 aliphatic rings. The van der Waals surface area contributed by atoms with Crippen molar-refractivity contribution in [3.63, 3.8) is 0 Å². The number of hydrogen-bond donors (Lipinski definition) is 1. The third-order valence-electron chi connectivity index (χ3n) is 5.28. The van der Waals surface area contributed by atoms with E-state index in [1.54, 1.807) is 39.0 Å². The lowest BCUT2D eigenvalue weighted by Crippen LogP contribution is -2.41. The van der Waals surface area contributed by atoms with Crippen molar-refractivity contribution < 1.29 is 31.9 Å². The fourth-order valence-electron chi connectivity index (χ4n) is 3.71. The predicted octanol–water partition coefficient (Wildman–Crippen LogP) is 6.91. The first-order valence-electron chi connectivity index (χ1n) is 10.9. The van der Waals surface area contributed by atoms with E-state index in [0.717, 1.165) is 23.8 Å². The van der Waals surface area contributed by atoms with E-state index in [-0.39, 0.29) is 18.0 Å². The van der Waals surface area contributed by atoms with Gasteiger partial charge >= 0.3 is 12.3 Å². The quantitative estimate of drug-likeness (QED) is 0.327. The molecule has 0 saturated heterocycles. The van der Waals surface area contributed by atoms with E-state index < -0.39 is 39.7 Å². The van der Waals surface area contributed by atoms with Crippen molar-refractivity contribution in [3.05, 3.63) is 69.0 Å². The Morgan fingerprint density at radius 2 is 1.78 bits per heavy atom. The number of alkyl carbamates (subject to hydrolysis) is 1. The summed E-state index contributed by atoms with van der Waals surface area (Å²) in [5.74, 6) is -3.38. The lowest BCUT2D eigenvalue weighted by molar-refractivity contribution is -0.139. The van der Waals surface area contributed by atoms with Crippen LogP contribution in [0.1, 0.15) is 43.4 Å². The fourth-order valence-corrected chi connectivity index (χ4v) is 4.22. The van der Waals surface area contributed by atoms with E-state index >= 15 is 0 Å². The molecule has 0 bridgehead atoms. The molecule has 1 N–H and O–H groups in total. The molecule has 2 aromatic rings. The third kappa shape index (κ3) is 6.91. The minimum absolute atomic E-state index is 0.258. The highest BCUT2D eigenvalue weighted by Crippen LogP contribution is 2.39. The van der Waals surface area contributed by atoms with Crippen LogP contribution >= 0.6 is 23.2 Å². The molecule has 1 atom stereocenters. The molecule has 3 rings (SSSR count). The van der Waals surface area contributed by atoms with Crippen molar-refractivity contribution in [3.8, 4) is 0 Å². The molecule has 0 aliphatic carbocycles. The van der Waals surface area contributed by atoms with Crippen molar-refractivity contribution in [2.24, 2.45) is 0 Å². The van der Waals surface area contributed by atoms with Gasteiger partial charge in [0.05, 0.1) is 16.0 Å². The molecule has 0 fully saturated rings. The Morgan fingerprint density at radius 1 is 1.14 bits per heavy atom. The second-order valence-corrected chi connectivity index (χ2v) is 10.0. The summed E-state index contributed by atoms with van der Waals surface area (Å²) in [5, 5.41) is 1.43. The van der Waals surface area contributed by atoms with Crippen molar-refractivity contribution in [1.82, 2.24) is 5.32 Å². The largest absolute Gasteiger partial charge is 0.444 e. The van der Waals surface area contributed by atoms with Crippen LogP contribution < -0.4 is 10.2 Å². The van der Waals surface area contributed by atoms with Crippen molar-refractivity contribution in [2.45, 2.75) is 44.9 Å². The Hall–Kier alpha value is -2.78. The van der Waals surface area contributed by atoms with Crippen molar-refractivity contribution in [1.29, 1.82) is 0 Å². The molecular formula is C25H24Cl2F4N2O3. The highest BCUT2D eigenvalue weighted by Gasteiger charge is 2.39. The molecule has 194 valence electrons. The lowest BCUT2D eigenvalue weighted by atomic mass is 9.96. The number of carbonyl (C=O) groups is 2. The average molecular weight is 547 g/mol. The van der Waals surface area contributed by atoms with Gasteiger partial charge in [0.1, 0.15) is 12.1 Å². The summed E-state index contributed by atoms with van der Waals surface area (Å²) in [5.41, 5.74) is 0.901. The number of hydrogen-bond acceptors (Lipinski definition) is 3. The second-order valence-electron chi connectivity index (χ2n) is 9.22. The number of nitrogens with one attached hydrogen (secondary N) is 1. The smallest absolute Gasteiger partial charge is 0.408 e. The standard InChI is InChI=1S/C25H24Cl2F4N2O3/c1-24(2,3)36-23(35)32-13-21(34)33-9-8-15-10-14(5-7-20(15)33)4-6-17(25(29,30)31)16-11-18(26)22(28)19(27)12-16/h4-7,10-12,17H,8-9,13H2,1-3H3,(H,32,35)/b6-4+. The van der Waals surface area contributed by atoms with E-state index in [0.29, 0.717) is 24.2 Å². The first-order chi connectivity index (χ1) is 16.7. The third-order valence-corrected chi connectivity index (χ3v) is 5.83. The monoisotopic (exact) mass is 546 g/mol. The van der Waals surface area contributed by atoms with Crippen molar-refractivity contribution in [2.75, 3.05) is 18.0 Å². The topological polar surface area (TPSA) is 58.6 Å². The number of fused-ring (bicyclic) bond motifs is 1. The number of benzene rings is 2. The molecule has 36 heavy (non-hydrogen) atoms. The molecule has 2 amide bonds. The van der Waals surface area contributed by atoms with E-state index in [1.807, 2.05) is 0 Å². The van der Waals surface area contributed by atoms with Crippen LogP contribution in [0, 0.1) is 5.82 Å². The molecular weight excluding hydrogens is 523 g/mol. The van der Waals surface area contributed by atoms with Gasteiger partial charge in [-0.05, 0) is 68.1 Å². The zero-order chi connectivity index (χ0) is 26.8. The molecule has 1 aliphatic heterocycles. The number of allylic oxidation sites excluding steroid dienone is 1. The van der Waals surface area contributed by atoms with Gasteiger partial charge in [0.25, 0.3) is 0 Å². The summed E-state index contributed by atoms with van der Waals surface area (Å²) in [6, 6.07) is 6.73. The van der Waals surface area contributed by atoms with Gasteiger partial charge in [-0.2, -0.15) is 13.2 Å². The van der Waals surface area contributed by atoms with Crippen LogP contribution in [0.2, 0.25) is 10.0 Å². The summed E-state index contributed by atoms with van der Waals surface area (Å²) in [6.45, 7) is 5.23. The van der Waals surface area contributed by atoms with Crippen LogP contribution in [0.25, 0.3) is 6.08 Å². The second kappa shape index (κ2) is 10.7. The van der Waals surface area contributed by atoms with Crippen LogP contribution in [0.3, 0.4) is 0 Å². The molecule has 0 saturated carbocycles. The minimum atomic E-state index is -4.66. The van der Waals surface area contributed by atoms with Gasteiger partial charge in [-0.3, -0.25) is 4.79 Å². The summed E-state index contributed by atoms with van der Waals surface area (Å²) in [4.78, 5) is 25.9. The number of halogens is 6. The Labute approximate surface area is 216 Å². The van der Waals surface area contributed by atoms with Crippen LogP contribution in [-0.4, -0.2) is 36.9 Å². The van der Waals surface area contributed by atoms with Crippen LogP contribution in [0.15, 0.2) is 36.4 Å². The molecule has 11 heteroatoms. The molecule has 1 unspecified atom stereocenters. The maximum Gasteiger partial charge on any atom is 0.408 e. The van der Waals surface area contributed by atoms with Gasteiger partial charge in [-0.15, -0.1) is 0 Å². The number of ether oxygens (including phenoxy) is 1. The Kier molecular flexibility index (Phi) is 8.25. The Balaban J connectivity index is 1.74. The normalized spacial score (nSPS) is 14.6. The molecule has 1 heterocycles. The Bertz CT molecular complexity index is 1170. The minimum Gasteiger partial charge on any atom is -0.444 e. The number of alkyl halides is 3. The van der Waals surface area contributed by atoms with Crippen LogP contribution in [0.4, 0.5) is 28.0 Å². The summed E-state index contributed by atoms with van der Waals surface area (Å²) >= 11 is 11.4. The SMILES string of the molecule is CC(C)(C)OC(=O)NCC(=O)N1CCc2cc(/C=C/C(c3cc(Cl)c(F)c(Cl)c3)C(F)(F)F)ccc21. The molecule has 5 nitrogen and oxygen atoms in total. The first kappa shape index (κ1) is 27.8. The fraction of sp³-hybridized carbons (Fsp3) is 0.360. The molecule has 0 aromatic heterocycles. The molecule has 0 spiro atoms. The van der Waals surface area contributed by atoms with E-state index in [1.165, 1.54) is 11.0 Å². The summed E-state index contributed by atoms with van der Waals surface area (Å²) in [6.07, 6.45) is -2.62. The molecule has 0 radical (unpaired) electrons. The lowest BCUT2D eigenvalue weighted by Gasteiger charge is -2.21. The van der Waals surface area contributed by atoms with Gasteiger partial charge in [-0.1, -0.05) is 41.4 Å². The zero-order valence-corrected chi connectivity index (χ0v) is 21.2. The Morgan fingerprint density at radius 3 is 2.36 bits per heavy atom.